The third kappa shape index (κ3) is 4.57. The number of amides is 1. The second-order valence-electron chi connectivity index (χ2n) is 6.32. The Kier molecular flexibility index (Phi) is 5.66. The van der Waals surface area contributed by atoms with Gasteiger partial charge in [0.05, 0.1) is 6.10 Å². The minimum atomic E-state index is -0.492. The van der Waals surface area contributed by atoms with Crippen LogP contribution in [0.15, 0.2) is 54.6 Å². The number of carbonyl (C=O) groups excluding carboxylic acids is 1. The summed E-state index contributed by atoms with van der Waals surface area (Å²) in [4.78, 5) is 14.0. The summed E-state index contributed by atoms with van der Waals surface area (Å²) in [7, 11) is 0. The monoisotopic (exact) mass is 343 g/mol. The molecule has 0 aliphatic carbocycles. The fourth-order valence-corrected chi connectivity index (χ4v) is 3.15. The second kappa shape index (κ2) is 8.12. The van der Waals surface area contributed by atoms with Crippen molar-refractivity contribution in [3.8, 4) is 5.75 Å². The number of piperidine rings is 1. The number of carbonyl (C=O) groups is 1. The minimum absolute atomic E-state index is 0.0580. The van der Waals surface area contributed by atoms with Crippen molar-refractivity contribution in [1.82, 2.24) is 4.90 Å². The molecule has 25 heavy (non-hydrogen) atoms. The molecule has 1 saturated heterocycles. The highest BCUT2D eigenvalue weighted by molar-refractivity contribution is 5.77. The van der Waals surface area contributed by atoms with Crippen LogP contribution in [0.25, 0.3) is 0 Å². The predicted molar refractivity (Wildman–Crippen MR) is 92.6 cm³/mol. The van der Waals surface area contributed by atoms with Crippen molar-refractivity contribution in [3.05, 3.63) is 66.0 Å². The molecule has 0 radical (unpaired) electrons. The van der Waals surface area contributed by atoms with Crippen molar-refractivity contribution < 1.29 is 19.0 Å². The molecule has 1 N–H and O–H groups in total. The van der Waals surface area contributed by atoms with E-state index < -0.39 is 6.10 Å². The summed E-state index contributed by atoms with van der Waals surface area (Å²) in [6.07, 6.45) is 1.03. The smallest absolute Gasteiger partial charge is 0.260 e. The van der Waals surface area contributed by atoms with E-state index in [4.69, 9.17) is 4.74 Å². The first-order valence-corrected chi connectivity index (χ1v) is 8.52. The highest BCUT2D eigenvalue weighted by atomic mass is 19.1. The lowest BCUT2D eigenvalue weighted by Gasteiger charge is -2.34. The Morgan fingerprint density at radius 3 is 2.40 bits per heavy atom. The molecule has 5 heteroatoms. The van der Waals surface area contributed by atoms with Gasteiger partial charge in [-0.2, -0.15) is 0 Å². The average molecular weight is 343 g/mol. The lowest BCUT2D eigenvalue weighted by atomic mass is 9.87. The number of halogens is 1. The van der Waals surface area contributed by atoms with Crippen LogP contribution < -0.4 is 4.74 Å². The van der Waals surface area contributed by atoms with E-state index in [1.807, 2.05) is 30.3 Å². The number of aliphatic hydroxyl groups is 1. The number of benzene rings is 2. The zero-order valence-corrected chi connectivity index (χ0v) is 14.0. The lowest BCUT2D eigenvalue weighted by molar-refractivity contribution is -0.135. The summed E-state index contributed by atoms with van der Waals surface area (Å²) in [6.45, 7) is 1.16. The largest absolute Gasteiger partial charge is 0.484 e. The Hall–Kier alpha value is -2.40. The highest BCUT2D eigenvalue weighted by Crippen LogP contribution is 2.30. The summed E-state index contributed by atoms with van der Waals surface area (Å²) in [5.74, 6) is 0.211. The van der Waals surface area contributed by atoms with E-state index in [9.17, 15) is 14.3 Å². The highest BCUT2D eigenvalue weighted by Gasteiger charge is 2.28. The third-order valence-electron chi connectivity index (χ3n) is 4.66. The molecule has 1 atom stereocenters. The van der Waals surface area contributed by atoms with Crippen LogP contribution in [0.3, 0.4) is 0 Å². The van der Waals surface area contributed by atoms with Gasteiger partial charge in [0.1, 0.15) is 11.6 Å². The van der Waals surface area contributed by atoms with E-state index >= 15 is 0 Å². The van der Waals surface area contributed by atoms with E-state index in [1.54, 1.807) is 4.90 Å². The standard InChI is InChI=1S/C20H22FNO3/c21-17-6-8-18(9-7-17)25-14-19(23)22-12-10-16(11-13-22)20(24)15-4-2-1-3-5-15/h1-9,16,20,24H,10-14H2/t20-/m0/s1. The number of hydrogen-bond donors (Lipinski definition) is 1. The molecule has 1 aliphatic rings. The molecule has 0 unspecified atom stereocenters. The maximum Gasteiger partial charge on any atom is 0.260 e. The van der Waals surface area contributed by atoms with Crippen molar-refractivity contribution in [3.63, 3.8) is 0 Å². The van der Waals surface area contributed by atoms with Crippen molar-refractivity contribution >= 4 is 5.91 Å². The molecule has 0 saturated carbocycles. The van der Waals surface area contributed by atoms with E-state index in [1.165, 1.54) is 24.3 Å². The van der Waals surface area contributed by atoms with Crippen LogP contribution in [0.4, 0.5) is 4.39 Å². The molecule has 132 valence electrons. The van der Waals surface area contributed by atoms with Gasteiger partial charge in [-0.3, -0.25) is 4.79 Å². The number of likely N-dealkylation sites (tertiary alicyclic amines) is 1. The zero-order chi connectivity index (χ0) is 17.6. The first-order valence-electron chi connectivity index (χ1n) is 8.52. The van der Waals surface area contributed by atoms with Crippen LogP contribution in [-0.2, 0) is 4.79 Å². The Morgan fingerprint density at radius 1 is 1.12 bits per heavy atom. The topological polar surface area (TPSA) is 49.8 Å². The first-order chi connectivity index (χ1) is 12.1. The summed E-state index contributed by atoms with van der Waals surface area (Å²) < 4.78 is 18.3. The summed E-state index contributed by atoms with van der Waals surface area (Å²) in [5, 5.41) is 10.5. The van der Waals surface area contributed by atoms with Gasteiger partial charge >= 0.3 is 0 Å². The van der Waals surface area contributed by atoms with Gasteiger partial charge in [-0.05, 0) is 48.6 Å². The number of nitrogens with zero attached hydrogens (tertiary/aromatic N) is 1. The normalized spacial score (nSPS) is 16.5. The molecule has 2 aromatic carbocycles. The number of hydrogen-bond acceptors (Lipinski definition) is 3. The quantitative estimate of drug-likeness (QED) is 0.907. The average Bonchev–Trinajstić information content (AvgIpc) is 2.67. The van der Waals surface area contributed by atoms with Gasteiger partial charge in [0.2, 0.25) is 0 Å². The molecule has 1 fully saturated rings. The van der Waals surface area contributed by atoms with Crippen molar-refractivity contribution in [1.29, 1.82) is 0 Å². The van der Waals surface area contributed by atoms with Crippen LogP contribution in [0.2, 0.25) is 0 Å². The zero-order valence-electron chi connectivity index (χ0n) is 14.0. The molecule has 4 nitrogen and oxygen atoms in total. The number of ether oxygens (including phenoxy) is 1. The Balaban J connectivity index is 1.46. The van der Waals surface area contributed by atoms with Gasteiger partial charge in [0.25, 0.3) is 5.91 Å². The maximum absolute atomic E-state index is 12.8. The Labute approximate surface area is 146 Å². The van der Waals surface area contributed by atoms with E-state index in [-0.39, 0.29) is 24.2 Å². The second-order valence-corrected chi connectivity index (χ2v) is 6.32. The molecule has 1 aliphatic heterocycles. The van der Waals surface area contributed by atoms with Crippen LogP contribution in [-0.4, -0.2) is 35.6 Å². The molecular weight excluding hydrogens is 321 g/mol. The summed E-state index contributed by atoms with van der Waals surface area (Å²) in [6, 6.07) is 15.2. The molecule has 0 aromatic heterocycles. The van der Waals surface area contributed by atoms with Gasteiger partial charge < -0.3 is 14.7 Å². The fraction of sp³-hybridized carbons (Fsp3) is 0.350. The third-order valence-corrected chi connectivity index (χ3v) is 4.66. The van der Waals surface area contributed by atoms with E-state index in [0.29, 0.717) is 18.8 Å². The lowest BCUT2D eigenvalue weighted by Crippen LogP contribution is -2.42. The molecule has 1 heterocycles. The van der Waals surface area contributed by atoms with Crippen LogP contribution >= 0.6 is 0 Å². The molecular formula is C20H22FNO3. The summed E-state index contributed by atoms with van der Waals surface area (Å²) >= 11 is 0. The fourth-order valence-electron chi connectivity index (χ4n) is 3.15. The Bertz CT molecular complexity index is 682. The predicted octanol–water partition coefficient (Wildman–Crippen LogP) is 3.18. The van der Waals surface area contributed by atoms with Crippen molar-refractivity contribution in [2.24, 2.45) is 5.92 Å². The molecule has 3 rings (SSSR count). The number of aliphatic hydroxyl groups excluding tert-OH is 1. The van der Waals surface area contributed by atoms with Gasteiger partial charge in [-0.1, -0.05) is 30.3 Å². The maximum atomic E-state index is 12.8. The van der Waals surface area contributed by atoms with Gasteiger partial charge in [-0.25, -0.2) is 4.39 Å². The van der Waals surface area contributed by atoms with Crippen LogP contribution in [0.1, 0.15) is 24.5 Å². The van der Waals surface area contributed by atoms with Crippen LogP contribution in [0.5, 0.6) is 5.75 Å². The number of rotatable bonds is 5. The minimum Gasteiger partial charge on any atom is -0.484 e. The van der Waals surface area contributed by atoms with Gasteiger partial charge in [0, 0.05) is 13.1 Å². The molecule has 1 amide bonds. The van der Waals surface area contributed by atoms with Gasteiger partial charge in [-0.15, -0.1) is 0 Å². The first kappa shape index (κ1) is 17.4. The SMILES string of the molecule is O=C(COc1ccc(F)cc1)N1CCC([C@@H](O)c2ccccc2)CC1. The molecule has 0 bridgehead atoms. The van der Waals surface area contributed by atoms with Crippen molar-refractivity contribution in [2.45, 2.75) is 18.9 Å². The Morgan fingerprint density at radius 2 is 1.76 bits per heavy atom. The molecule has 0 spiro atoms. The van der Waals surface area contributed by atoms with Crippen LogP contribution in [0, 0.1) is 11.7 Å². The van der Waals surface area contributed by atoms with Gasteiger partial charge in [0.15, 0.2) is 6.61 Å². The summed E-state index contributed by atoms with van der Waals surface area (Å²) in [5.41, 5.74) is 0.923. The van der Waals surface area contributed by atoms with Crippen molar-refractivity contribution in [2.75, 3.05) is 19.7 Å². The van der Waals surface area contributed by atoms with E-state index in [0.717, 1.165) is 18.4 Å². The molecule has 2 aromatic rings. The van der Waals surface area contributed by atoms with E-state index in [2.05, 4.69) is 0 Å².